The van der Waals surface area contributed by atoms with Crippen molar-refractivity contribution in [2.24, 2.45) is 11.3 Å². The minimum Gasteiger partial charge on any atom is -1.00 e. The van der Waals surface area contributed by atoms with Gasteiger partial charge in [-0.15, -0.1) is 11.1 Å². The van der Waals surface area contributed by atoms with Crippen LogP contribution in [0.2, 0.25) is 0 Å². The summed E-state index contributed by atoms with van der Waals surface area (Å²) >= 11 is 1.47. The molecule has 0 nitrogen and oxygen atoms in total. The van der Waals surface area contributed by atoms with E-state index >= 15 is 0 Å². The van der Waals surface area contributed by atoms with Gasteiger partial charge in [-0.25, -0.2) is 5.57 Å². The average molecular weight is 693 g/mol. The maximum Gasteiger partial charge on any atom is -1.00 e. The normalized spacial score (nSPS) is 15.2. The fourth-order valence-corrected chi connectivity index (χ4v) is 5.81. The molecule has 5 rings (SSSR count). The van der Waals surface area contributed by atoms with Gasteiger partial charge in [-0.3, -0.25) is 6.08 Å². The summed E-state index contributed by atoms with van der Waals surface area (Å²) in [7, 11) is 0. The predicted octanol–water partition coefficient (Wildman–Crippen LogP) is 4.71. The van der Waals surface area contributed by atoms with Crippen LogP contribution in [-0.4, -0.2) is 3.71 Å². The first kappa shape index (κ1) is 39.5. The smallest absolute Gasteiger partial charge is 1.00 e. The van der Waals surface area contributed by atoms with E-state index in [4.69, 9.17) is 0 Å². The molecule has 1 atom stereocenters. The Bertz CT molecular complexity index is 1370. The summed E-state index contributed by atoms with van der Waals surface area (Å²) in [6.45, 7) is 26.8. The van der Waals surface area contributed by atoms with E-state index < -0.39 is 0 Å². The van der Waals surface area contributed by atoms with Crippen molar-refractivity contribution in [2.75, 3.05) is 0 Å². The molecule has 1 unspecified atom stereocenters. The Balaban J connectivity index is 0.000000356. The summed E-state index contributed by atoms with van der Waals surface area (Å²) in [4.78, 5) is 0. The van der Waals surface area contributed by atoms with Crippen molar-refractivity contribution in [1.29, 1.82) is 0 Å². The molecule has 0 spiro atoms. The molecule has 3 aromatic rings. The Hall–Kier alpha value is -1.53. The van der Waals surface area contributed by atoms with E-state index in [0.29, 0.717) is 11.3 Å². The summed E-state index contributed by atoms with van der Waals surface area (Å²) in [5, 5.41) is 0. The van der Waals surface area contributed by atoms with E-state index in [0.717, 1.165) is 6.42 Å². The van der Waals surface area contributed by atoms with Gasteiger partial charge in [0.2, 0.25) is 0 Å². The summed E-state index contributed by atoms with van der Waals surface area (Å²) < 4.78 is 2.19. The molecule has 0 N–H and O–H groups in total. The number of allylic oxidation sites excluding steroid dienone is 4. The first-order valence-corrected chi connectivity index (χ1v) is 16.4. The number of halogens is 2. The van der Waals surface area contributed by atoms with Gasteiger partial charge < -0.3 is 24.8 Å². The zero-order chi connectivity index (χ0) is 30.8. The van der Waals surface area contributed by atoms with Crippen LogP contribution in [0.25, 0.3) is 11.1 Å². The number of benzene rings is 3. The first-order valence-electron chi connectivity index (χ1n) is 15.0. The van der Waals surface area contributed by atoms with Crippen molar-refractivity contribution >= 4 is 3.71 Å². The summed E-state index contributed by atoms with van der Waals surface area (Å²) in [5.41, 5.74) is 14.5. The molecule has 43 heavy (non-hydrogen) atoms. The second kappa shape index (κ2) is 15.7. The molecule has 0 bridgehead atoms. The maximum absolute atomic E-state index is 3.67. The molecule has 0 fully saturated rings. The molecule has 0 radical (unpaired) electrons. The monoisotopic (exact) mass is 690 g/mol. The second-order valence-electron chi connectivity index (χ2n) is 14.8. The number of fused-ring (bicyclic) bond motifs is 3. The van der Waals surface area contributed by atoms with Gasteiger partial charge >= 0.3 is 70.3 Å². The third-order valence-corrected chi connectivity index (χ3v) is 8.60. The van der Waals surface area contributed by atoms with Crippen LogP contribution in [-0.2, 0) is 41.5 Å². The summed E-state index contributed by atoms with van der Waals surface area (Å²) in [6.07, 6.45) is 6.74. The maximum atomic E-state index is 3.67. The molecule has 2 aliphatic carbocycles. The van der Waals surface area contributed by atoms with Crippen molar-refractivity contribution in [2.45, 2.75) is 100 Å². The third kappa shape index (κ3) is 10.8. The van der Waals surface area contributed by atoms with Crippen LogP contribution in [0.15, 0.2) is 71.8 Å². The zero-order valence-electron chi connectivity index (χ0n) is 28.4. The molecule has 0 heterocycles. The van der Waals surface area contributed by atoms with Crippen LogP contribution in [0.4, 0.5) is 0 Å². The summed E-state index contributed by atoms with van der Waals surface area (Å²) in [6, 6.07) is 23.7. The minimum atomic E-state index is 0. The van der Waals surface area contributed by atoms with E-state index in [1.807, 2.05) is 0 Å². The molecular formula is C40H50Cl2Zr-2. The molecule has 0 aromatic heterocycles. The van der Waals surface area contributed by atoms with E-state index in [-0.39, 0.29) is 35.6 Å². The largest absolute Gasteiger partial charge is 1.00 e. The van der Waals surface area contributed by atoms with Crippen LogP contribution in [0.1, 0.15) is 110 Å². The van der Waals surface area contributed by atoms with Gasteiger partial charge in [0, 0.05) is 0 Å². The van der Waals surface area contributed by atoms with Crippen molar-refractivity contribution in [3.63, 3.8) is 0 Å². The molecule has 230 valence electrons. The van der Waals surface area contributed by atoms with Gasteiger partial charge in [-0.2, -0.15) is 35.4 Å². The van der Waals surface area contributed by atoms with Crippen LogP contribution in [0.5, 0.6) is 0 Å². The number of hydrogen-bond donors (Lipinski definition) is 0. The fourth-order valence-electron chi connectivity index (χ4n) is 5.34. The van der Waals surface area contributed by atoms with Gasteiger partial charge in [0.15, 0.2) is 0 Å². The van der Waals surface area contributed by atoms with E-state index in [2.05, 4.69) is 160 Å². The molecule has 0 saturated heterocycles. The number of rotatable bonds is 1. The Labute approximate surface area is 291 Å². The predicted molar refractivity (Wildman–Crippen MR) is 176 cm³/mol. The van der Waals surface area contributed by atoms with Gasteiger partial charge in [-0.05, 0) is 28.4 Å². The summed E-state index contributed by atoms with van der Waals surface area (Å²) in [5.74, 6) is 0.518. The van der Waals surface area contributed by atoms with Crippen molar-refractivity contribution < 1.29 is 49.0 Å². The molecule has 2 aliphatic rings. The molecule has 0 aliphatic heterocycles. The third-order valence-electron chi connectivity index (χ3n) is 7.78. The van der Waals surface area contributed by atoms with E-state index in [9.17, 15) is 0 Å². The van der Waals surface area contributed by atoms with Crippen molar-refractivity contribution in [3.8, 4) is 11.1 Å². The number of hydrogen-bond acceptors (Lipinski definition) is 0. The van der Waals surface area contributed by atoms with Crippen molar-refractivity contribution in [1.82, 2.24) is 0 Å². The Morgan fingerprint density at radius 2 is 1.33 bits per heavy atom. The number of aryl methyl sites for hydroxylation is 1. The standard InChI is InChI=1S/C21H25.C11H17.C8H8.2ClH.Zr/c1-20(2,3)16-7-9-18-14(12-16)11-15-13-17(21(4,5)6)8-10-19(15)18;1-8-6-9(2)10(7-8)11(3,4)5;1-7-3-5-8(2)6-4-7;;;/h7-10,12H,11H2,1-6H3;7-8H,1-5H3;1,3-6H,2H3;2*1H;/q2*-1;;;;+2/p-2. The van der Waals surface area contributed by atoms with Crippen LogP contribution >= 0.6 is 0 Å². The minimum absolute atomic E-state index is 0. The molecular weight excluding hydrogens is 643 g/mol. The molecule has 0 amide bonds. The zero-order valence-corrected chi connectivity index (χ0v) is 32.4. The Morgan fingerprint density at radius 3 is 1.77 bits per heavy atom. The van der Waals surface area contributed by atoms with Gasteiger partial charge in [-0.1, -0.05) is 111 Å². The molecule has 0 saturated carbocycles. The van der Waals surface area contributed by atoms with Crippen LogP contribution in [0.3, 0.4) is 0 Å². The quantitative estimate of drug-likeness (QED) is 0.254. The Kier molecular flexibility index (Phi) is 14.4. The van der Waals surface area contributed by atoms with Gasteiger partial charge in [0.05, 0.1) is 0 Å². The van der Waals surface area contributed by atoms with Gasteiger partial charge in [0.25, 0.3) is 0 Å². The Morgan fingerprint density at radius 1 is 0.744 bits per heavy atom. The van der Waals surface area contributed by atoms with E-state index in [1.54, 1.807) is 0 Å². The van der Waals surface area contributed by atoms with E-state index in [1.165, 1.54) is 79.9 Å². The topological polar surface area (TPSA) is 0 Å². The first-order chi connectivity index (χ1) is 18.9. The van der Waals surface area contributed by atoms with Gasteiger partial charge in [0.1, 0.15) is 0 Å². The van der Waals surface area contributed by atoms with Crippen LogP contribution < -0.4 is 24.8 Å². The second-order valence-corrected chi connectivity index (χ2v) is 15.5. The molecule has 3 aromatic carbocycles. The fraction of sp³-hybridized carbons (Fsp3) is 0.425. The SMILES string of the molecule is CC(C)(C)c1[c-]c2c(cc1)-c1ccc(C(C)(C)C)cc1C2.CC1=[C-]C(C)C=C1C(C)(C)C.Cc1ccc([CH]=[Zr+2])cc1.[Cl-].[Cl-]. The molecule has 3 heteroatoms. The average Bonchev–Trinajstić information content (AvgIpc) is 3.42. The van der Waals surface area contributed by atoms with Crippen LogP contribution in [0, 0.1) is 30.4 Å². The van der Waals surface area contributed by atoms with Crippen molar-refractivity contribution in [3.05, 3.63) is 117 Å².